The highest BCUT2D eigenvalue weighted by Crippen LogP contribution is 2.25. The second kappa shape index (κ2) is 6.29. The molecule has 6 nitrogen and oxygen atoms in total. The molecule has 0 radical (unpaired) electrons. The monoisotopic (exact) mass is 265 g/mol. The zero-order valence-corrected chi connectivity index (χ0v) is 11.3. The molecule has 0 aromatic heterocycles. The van der Waals surface area contributed by atoms with Crippen molar-refractivity contribution >= 4 is 17.3 Å². The molecule has 0 bridgehead atoms. The lowest BCUT2D eigenvalue weighted by atomic mass is 10.0. The van der Waals surface area contributed by atoms with Gasteiger partial charge in [-0.1, -0.05) is 19.9 Å². The Balaban J connectivity index is 2.86. The number of carbonyl (C=O) groups is 1. The van der Waals surface area contributed by atoms with Crippen LogP contribution >= 0.6 is 0 Å². The SMILES string of the molecule is Cc1c(NC(=O)[C@@H](N)CC(C)C)cccc1[N+](=O)[O-]. The molecule has 0 fully saturated rings. The minimum atomic E-state index is -0.612. The van der Waals surface area contributed by atoms with Gasteiger partial charge in [-0.25, -0.2) is 0 Å². The Labute approximate surface area is 112 Å². The maximum Gasteiger partial charge on any atom is 0.274 e. The second-order valence-corrected chi connectivity index (χ2v) is 4.93. The third kappa shape index (κ3) is 4.03. The van der Waals surface area contributed by atoms with Gasteiger partial charge in [-0.3, -0.25) is 14.9 Å². The smallest absolute Gasteiger partial charge is 0.274 e. The van der Waals surface area contributed by atoms with E-state index in [9.17, 15) is 14.9 Å². The Morgan fingerprint density at radius 3 is 2.63 bits per heavy atom. The first-order valence-electron chi connectivity index (χ1n) is 6.13. The second-order valence-electron chi connectivity index (χ2n) is 4.93. The lowest BCUT2D eigenvalue weighted by molar-refractivity contribution is -0.385. The first-order valence-corrected chi connectivity index (χ1v) is 6.13. The maximum atomic E-state index is 11.9. The third-order valence-electron chi connectivity index (χ3n) is 2.82. The molecule has 104 valence electrons. The lowest BCUT2D eigenvalue weighted by Gasteiger charge is -2.15. The molecule has 1 amide bonds. The fraction of sp³-hybridized carbons (Fsp3) is 0.462. The average molecular weight is 265 g/mol. The van der Waals surface area contributed by atoms with E-state index in [-0.39, 0.29) is 11.6 Å². The number of benzene rings is 1. The summed E-state index contributed by atoms with van der Waals surface area (Å²) in [7, 11) is 0. The summed E-state index contributed by atoms with van der Waals surface area (Å²) >= 11 is 0. The van der Waals surface area contributed by atoms with E-state index in [1.54, 1.807) is 13.0 Å². The topological polar surface area (TPSA) is 98.3 Å². The van der Waals surface area contributed by atoms with Gasteiger partial charge in [0.15, 0.2) is 0 Å². The Bertz CT molecular complexity index is 486. The van der Waals surface area contributed by atoms with Gasteiger partial charge in [0.05, 0.1) is 22.2 Å². The molecule has 0 aliphatic rings. The quantitative estimate of drug-likeness (QED) is 0.630. The largest absolute Gasteiger partial charge is 0.324 e. The number of nitrogens with one attached hydrogen (secondary N) is 1. The zero-order valence-electron chi connectivity index (χ0n) is 11.3. The van der Waals surface area contributed by atoms with Gasteiger partial charge in [0.25, 0.3) is 5.69 Å². The van der Waals surface area contributed by atoms with E-state index in [1.165, 1.54) is 12.1 Å². The summed E-state index contributed by atoms with van der Waals surface area (Å²) in [6, 6.07) is 3.95. The van der Waals surface area contributed by atoms with Crippen LogP contribution in [-0.4, -0.2) is 16.9 Å². The van der Waals surface area contributed by atoms with Gasteiger partial charge >= 0.3 is 0 Å². The van der Waals surface area contributed by atoms with Gasteiger partial charge in [0, 0.05) is 6.07 Å². The number of nitrogens with zero attached hydrogens (tertiary/aromatic N) is 1. The molecule has 0 aliphatic carbocycles. The number of nitrogens with two attached hydrogens (primary N) is 1. The first-order chi connectivity index (χ1) is 8.82. The molecule has 1 atom stereocenters. The molecule has 1 aromatic rings. The molecule has 0 saturated carbocycles. The van der Waals surface area contributed by atoms with Crippen molar-refractivity contribution in [1.29, 1.82) is 0 Å². The predicted molar refractivity (Wildman–Crippen MR) is 73.9 cm³/mol. The van der Waals surface area contributed by atoms with Crippen molar-refractivity contribution in [2.24, 2.45) is 11.7 Å². The summed E-state index contributed by atoms with van der Waals surface area (Å²) in [4.78, 5) is 22.2. The summed E-state index contributed by atoms with van der Waals surface area (Å²) in [6.07, 6.45) is 0.569. The minimum absolute atomic E-state index is 0.0183. The van der Waals surface area contributed by atoms with Crippen molar-refractivity contribution < 1.29 is 9.72 Å². The highest BCUT2D eigenvalue weighted by Gasteiger charge is 2.18. The minimum Gasteiger partial charge on any atom is -0.324 e. The number of nitro benzene ring substituents is 1. The van der Waals surface area contributed by atoms with Crippen LogP contribution in [0.15, 0.2) is 18.2 Å². The van der Waals surface area contributed by atoms with Crippen molar-refractivity contribution in [2.45, 2.75) is 33.2 Å². The number of rotatable bonds is 5. The number of nitro groups is 1. The van der Waals surface area contributed by atoms with Crippen LogP contribution in [0.1, 0.15) is 25.8 Å². The maximum absolute atomic E-state index is 11.9. The van der Waals surface area contributed by atoms with Crippen LogP contribution in [0.4, 0.5) is 11.4 Å². The van der Waals surface area contributed by atoms with Gasteiger partial charge in [-0.15, -0.1) is 0 Å². The van der Waals surface area contributed by atoms with Gasteiger partial charge in [0.1, 0.15) is 0 Å². The molecule has 19 heavy (non-hydrogen) atoms. The first kappa shape index (κ1) is 15.1. The van der Waals surface area contributed by atoms with Crippen LogP contribution < -0.4 is 11.1 Å². The molecule has 1 rings (SSSR count). The predicted octanol–water partition coefficient (Wildman–Crippen LogP) is 2.22. The van der Waals surface area contributed by atoms with E-state index in [1.807, 2.05) is 13.8 Å². The Hall–Kier alpha value is -1.95. The molecule has 6 heteroatoms. The molecule has 0 unspecified atom stereocenters. The molecular formula is C13H19N3O3. The van der Waals surface area contributed by atoms with Crippen LogP contribution in [0.3, 0.4) is 0 Å². The van der Waals surface area contributed by atoms with E-state index in [2.05, 4.69) is 5.32 Å². The van der Waals surface area contributed by atoms with Crippen LogP contribution in [0, 0.1) is 23.0 Å². The Morgan fingerprint density at radius 1 is 1.47 bits per heavy atom. The number of amides is 1. The van der Waals surface area contributed by atoms with Crippen molar-refractivity contribution in [3.05, 3.63) is 33.9 Å². The van der Waals surface area contributed by atoms with Gasteiger partial charge < -0.3 is 11.1 Å². The summed E-state index contributed by atoms with van der Waals surface area (Å²) < 4.78 is 0. The third-order valence-corrected chi connectivity index (χ3v) is 2.82. The average Bonchev–Trinajstić information content (AvgIpc) is 2.30. The Morgan fingerprint density at radius 2 is 2.11 bits per heavy atom. The molecule has 0 saturated heterocycles. The summed E-state index contributed by atoms with van der Waals surface area (Å²) in [5.74, 6) is -0.00995. The molecule has 1 aromatic carbocycles. The fourth-order valence-corrected chi connectivity index (χ4v) is 1.80. The van der Waals surface area contributed by atoms with E-state index >= 15 is 0 Å². The molecule has 0 spiro atoms. The number of carbonyl (C=O) groups excluding carboxylic acids is 1. The van der Waals surface area contributed by atoms with Crippen molar-refractivity contribution in [1.82, 2.24) is 0 Å². The van der Waals surface area contributed by atoms with Crippen molar-refractivity contribution in [2.75, 3.05) is 5.32 Å². The summed E-state index contributed by atoms with van der Waals surface area (Å²) in [5, 5.41) is 13.4. The van der Waals surface area contributed by atoms with E-state index in [4.69, 9.17) is 5.73 Å². The van der Waals surface area contributed by atoms with E-state index in [0.29, 0.717) is 23.6 Å². The Kier molecular flexibility index (Phi) is 5.00. The van der Waals surface area contributed by atoms with E-state index < -0.39 is 11.0 Å². The van der Waals surface area contributed by atoms with Gasteiger partial charge in [-0.2, -0.15) is 0 Å². The summed E-state index contributed by atoms with van der Waals surface area (Å²) in [6.45, 7) is 5.55. The standard InChI is InChI=1S/C13H19N3O3/c1-8(2)7-10(14)13(17)15-11-5-4-6-12(9(11)3)16(18)19/h4-6,8,10H,7,14H2,1-3H3,(H,15,17)/t10-/m0/s1. The van der Waals surface area contributed by atoms with Crippen LogP contribution in [-0.2, 0) is 4.79 Å². The summed E-state index contributed by atoms with van der Waals surface area (Å²) in [5.41, 5.74) is 6.61. The van der Waals surface area contributed by atoms with Crippen LogP contribution in [0.25, 0.3) is 0 Å². The molecule has 0 aliphatic heterocycles. The molecular weight excluding hydrogens is 246 g/mol. The number of hydrogen-bond donors (Lipinski definition) is 2. The number of anilines is 1. The normalized spacial score (nSPS) is 12.3. The van der Waals surface area contributed by atoms with E-state index in [0.717, 1.165) is 0 Å². The number of hydrogen-bond acceptors (Lipinski definition) is 4. The fourth-order valence-electron chi connectivity index (χ4n) is 1.80. The van der Waals surface area contributed by atoms with Crippen LogP contribution in [0.2, 0.25) is 0 Å². The van der Waals surface area contributed by atoms with Gasteiger partial charge in [0.2, 0.25) is 5.91 Å². The van der Waals surface area contributed by atoms with Crippen molar-refractivity contribution in [3.8, 4) is 0 Å². The highest BCUT2D eigenvalue weighted by atomic mass is 16.6. The zero-order chi connectivity index (χ0) is 14.6. The molecule has 3 N–H and O–H groups in total. The molecule has 0 heterocycles. The van der Waals surface area contributed by atoms with Gasteiger partial charge in [-0.05, 0) is 25.3 Å². The lowest BCUT2D eigenvalue weighted by Crippen LogP contribution is -2.36. The van der Waals surface area contributed by atoms with Crippen LogP contribution in [0.5, 0.6) is 0 Å². The highest BCUT2D eigenvalue weighted by molar-refractivity contribution is 5.95. The van der Waals surface area contributed by atoms with Crippen molar-refractivity contribution in [3.63, 3.8) is 0 Å².